The Balaban J connectivity index is 1.43. The first-order valence-electron chi connectivity index (χ1n) is 11.0. The van der Waals surface area contributed by atoms with Crippen molar-refractivity contribution in [3.05, 3.63) is 63.1 Å². The largest absolute Gasteiger partial charge is 0.352 e. The first-order chi connectivity index (χ1) is 16.0. The van der Waals surface area contributed by atoms with Gasteiger partial charge >= 0.3 is 0 Å². The maximum absolute atomic E-state index is 12.9. The van der Waals surface area contributed by atoms with Crippen LogP contribution >= 0.6 is 22.9 Å². The van der Waals surface area contributed by atoms with Crippen molar-refractivity contribution in [2.45, 2.75) is 33.2 Å². The fraction of sp³-hybridized carbons (Fsp3) is 0.333. The van der Waals surface area contributed by atoms with Crippen LogP contribution in [0, 0.1) is 19.8 Å². The summed E-state index contributed by atoms with van der Waals surface area (Å²) in [6.07, 6.45) is 1.79. The van der Waals surface area contributed by atoms with E-state index in [9.17, 15) is 4.79 Å². The number of hydrogen-bond acceptors (Lipinski definition) is 6. The van der Waals surface area contributed by atoms with Crippen LogP contribution in [0.4, 0.5) is 5.82 Å². The third-order valence-electron chi connectivity index (χ3n) is 6.16. The fourth-order valence-corrected chi connectivity index (χ4v) is 5.24. The Kier molecular flexibility index (Phi) is 6.03. The summed E-state index contributed by atoms with van der Waals surface area (Å²) < 4.78 is 1.91. The summed E-state index contributed by atoms with van der Waals surface area (Å²) in [4.78, 5) is 16.2. The second kappa shape index (κ2) is 9.11. The smallest absolute Gasteiger partial charge is 0.225 e. The Bertz CT molecular complexity index is 1280. The molecule has 1 N–H and O–H groups in total. The van der Waals surface area contributed by atoms with Gasteiger partial charge in [-0.25, -0.2) is 4.68 Å². The molecule has 1 aliphatic heterocycles. The number of amides is 1. The Morgan fingerprint density at radius 2 is 2.03 bits per heavy atom. The van der Waals surface area contributed by atoms with E-state index < -0.39 is 0 Å². The van der Waals surface area contributed by atoms with Gasteiger partial charge in [0.05, 0.1) is 34.9 Å². The molecule has 0 saturated carbocycles. The van der Waals surface area contributed by atoms with E-state index in [2.05, 4.69) is 20.4 Å². The fourth-order valence-electron chi connectivity index (χ4n) is 4.47. The van der Waals surface area contributed by atoms with E-state index in [0.29, 0.717) is 18.1 Å². The SMILES string of the molecule is Cc1nnc(N2CCC[C@@H](C(=O)NCc3cccs3)C2)c2nn(-c3ccc(Cl)cc3)c(C)c12. The van der Waals surface area contributed by atoms with E-state index >= 15 is 0 Å². The van der Waals surface area contributed by atoms with Gasteiger partial charge in [-0.2, -0.15) is 10.2 Å². The van der Waals surface area contributed by atoms with E-state index in [-0.39, 0.29) is 11.8 Å². The molecular weight excluding hydrogens is 456 g/mol. The van der Waals surface area contributed by atoms with Crippen LogP contribution in [0.5, 0.6) is 0 Å². The lowest BCUT2D eigenvalue weighted by Gasteiger charge is -2.32. The lowest BCUT2D eigenvalue weighted by atomic mass is 9.97. The number of thiophene rings is 1. The van der Waals surface area contributed by atoms with Crippen LogP contribution in [0.25, 0.3) is 16.6 Å². The molecule has 0 radical (unpaired) electrons. The van der Waals surface area contributed by atoms with Gasteiger partial charge in [0.25, 0.3) is 0 Å². The summed E-state index contributed by atoms with van der Waals surface area (Å²) in [5.74, 6) is 0.741. The van der Waals surface area contributed by atoms with Gasteiger partial charge in [0, 0.05) is 23.0 Å². The number of hydrogen-bond donors (Lipinski definition) is 1. The van der Waals surface area contributed by atoms with Crippen LogP contribution in [0.15, 0.2) is 41.8 Å². The van der Waals surface area contributed by atoms with Crippen molar-refractivity contribution >= 4 is 45.6 Å². The predicted molar refractivity (Wildman–Crippen MR) is 132 cm³/mol. The third kappa shape index (κ3) is 4.32. The molecule has 0 unspecified atom stereocenters. The second-order valence-electron chi connectivity index (χ2n) is 8.39. The van der Waals surface area contributed by atoms with Gasteiger partial charge in [-0.05, 0) is 62.4 Å². The van der Waals surface area contributed by atoms with Gasteiger partial charge in [0.2, 0.25) is 5.91 Å². The van der Waals surface area contributed by atoms with Crippen molar-refractivity contribution in [3.63, 3.8) is 0 Å². The van der Waals surface area contributed by atoms with Gasteiger partial charge < -0.3 is 10.2 Å². The highest BCUT2D eigenvalue weighted by Gasteiger charge is 2.29. The van der Waals surface area contributed by atoms with Crippen molar-refractivity contribution in [2.24, 2.45) is 5.92 Å². The Hall–Kier alpha value is -2.97. The number of carbonyl (C=O) groups is 1. The van der Waals surface area contributed by atoms with Crippen molar-refractivity contribution in [1.29, 1.82) is 0 Å². The topological polar surface area (TPSA) is 75.9 Å². The maximum atomic E-state index is 12.9. The standard InChI is InChI=1S/C24H25ClN6OS/c1-15-21-16(2)31(19-9-7-18(25)8-10-19)29-22(21)23(28-27-15)30-11-3-5-17(14-30)24(32)26-13-20-6-4-12-33-20/h4,6-10,12,17H,3,5,11,13-14H2,1-2H3,(H,26,32)/t17-/m1/s1. The zero-order chi connectivity index (χ0) is 22.9. The average molecular weight is 481 g/mol. The van der Waals surface area contributed by atoms with Crippen molar-refractivity contribution < 1.29 is 4.79 Å². The van der Waals surface area contributed by atoms with Crippen LogP contribution in [0.3, 0.4) is 0 Å². The number of rotatable bonds is 5. The summed E-state index contributed by atoms with van der Waals surface area (Å²) >= 11 is 7.72. The van der Waals surface area contributed by atoms with E-state index in [0.717, 1.165) is 58.1 Å². The molecule has 1 atom stereocenters. The number of aromatic nitrogens is 4. The zero-order valence-electron chi connectivity index (χ0n) is 18.6. The molecule has 1 saturated heterocycles. The minimum atomic E-state index is -0.0867. The predicted octanol–water partition coefficient (Wildman–Crippen LogP) is 4.68. The molecule has 0 spiro atoms. The summed E-state index contributed by atoms with van der Waals surface area (Å²) in [5.41, 5.74) is 3.59. The van der Waals surface area contributed by atoms with Crippen LogP contribution in [0.1, 0.15) is 29.1 Å². The Morgan fingerprint density at radius 3 is 2.79 bits per heavy atom. The number of halogens is 1. The van der Waals surface area contributed by atoms with Gasteiger partial charge in [-0.15, -0.1) is 16.4 Å². The highest BCUT2D eigenvalue weighted by molar-refractivity contribution is 7.09. The van der Waals surface area contributed by atoms with Gasteiger partial charge in [-0.1, -0.05) is 17.7 Å². The number of anilines is 1. The summed E-state index contributed by atoms with van der Waals surface area (Å²) in [6, 6.07) is 11.7. The monoisotopic (exact) mass is 480 g/mol. The van der Waals surface area contributed by atoms with Crippen molar-refractivity contribution in [2.75, 3.05) is 18.0 Å². The number of aryl methyl sites for hydroxylation is 2. The van der Waals surface area contributed by atoms with Crippen LogP contribution in [0.2, 0.25) is 5.02 Å². The molecular formula is C24H25ClN6OS. The van der Waals surface area contributed by atoms with Crippen molar-refractivity contribution in [1.82, 2.24) is 25.3 Å². The number of piperidine rings is 1. The summed E-state index contributed by atoms with van der Waals surface area (Å²) in [5, 5.41) is 20.7. The first kappa shape index (κ1) is 21.9. The highest BCUT2D eigenvalue weighted by Crippen LogP contribution is 2.31. The van der Waals surface area contributed by atoms with E-state index in [1.165, 1.54) is 0 Å². The minimum Gasteiger partial charge on any atom is -0.352 e. The molecule has 1 amide bonds. The lowest BCUT2D eigenvalue weighted by Crippen LogP contribution is -2.43. The summed E-state index contributed by atoms with van der Waals surface area (Å²) in [7, 11) is 0. The number of carbonyl (C=O) groups excluding carboxylic acids is 1. The van der Waals surface area contributed by atoms with Crippen molar-refractivity contribution in [3.8, 4) is 5.69 Å². The molecule has 4 aromatic rings. The Labute approximate surface area is 201 Å². The maximum Gasteiger partial charge on any atom is 0.225 e. The molecule has 0 aliphatic carbocycles. The molecule has 9 heteroatoms. The van der Waals surface area contributed by atoms with E-state index in [1.54, 1.807) is 11.3 Å². The molecule has 7 nitrogen and oxygen atoms in total. The molecule has 1 fully saturated rings. The van der Waals surface area contributed by atoms with E-state index in [1.807, 2.05) is 60.3 Å². The average Bonchev–Trinajstić information content (AvgIpc) is 3.47. The quantitative estimate of drug-likeness (QED) is 0.449. The number of benzene rings is 1. The minimum absolute atomic E-state index is 0.0867. The molecule has 170 valence electrons. The molecule has 4 heterocycles. The zero-order valence-corrected chi connectivity index (χ0v) is 20.2. The number of nitrogens with one attached hydrogen (secondary N) is 1. The normalized spacial score (nSPS) is 16.3. The van der Waals surface area contributed by atoms with E-state index in [4.69, 9.17) is 16.7 Å². The van der Waals surface area contributed by atoms with Crippen LogP contribution in [-0.4, -0.2) is 39.0 Å². The lowest BCUT2D eigenvalue weighted by molar-refractivity contribution is -0.125. The number of fused-ring (bicyclic) bond motifs is 1. The highest BCUT2D eigenvalue weighted by atomic mass is 35.5. The molecule has 33 heavy (non-hydrogen) atoms. The van der Waals surface area contributed by atoms with Crippen LogP contribution < -0.4 is 10.2 Å². The second-order valence-corrected chi connectivity index (χ2v) is 9.86. The molecule has 3 aromatic heterocycles. The van der Waals surface area contributed by atoms with Gasteiger partial charge in [0.15, 0.2) is 5.82 Å². The van der Waals surface area contributed by atoms with Gasteiger partial charge in [0.1, 0.15) is 5.52 Å². The van der Waals surface area contributed by atoms with Gasteiger partial charge in [-0.3, -0.25) is 4.79 Å². The first-order valence-corrected chi connectivity index (χ1v) is 12.3. The van der Waals surface area contributed by atoms with Crippen LogP contribution in [-0.2, 0) is 11.3 Å². The molecule has 1 aromatic carbocycles. The molecule has 0 bridgehead atoms. The Morgan fingerprint density at radius 1 is 1.21 bits per heavy atom. The third-order valence-corrected chi connectivity index (χ3v) is 7.29. The summed E-state index contributed by atoms with van der Waals surface area (Å²) in [6.45, 7) is 6.01. The number of nitrogens with zero attached hydrogens (tertiary/aromatic N) is 5. The molecule has 1 aliphatic rings. The molecule has 5 rings (SSSR count).